The largest absolute Gasteiger partial charge is 0.485 e. The summed E-state index contributed by atoms with van der Waals surface area (Å²) in [6.45, 7) is 1.91. The zero-order valence-electron chi connectivity index (χ0n) is 16.3. The normalized spacial score (nSPS) is 12.6. The lowest BCUT2D eigenvalue weighted by molar-refractivity contribution is -0.116. The fraction of sp³-hybridized carbons (Fsp3) is 0.130. The molecule has 3 amide bonds. The van der Waals surface area contributed by atoms with Gasteiger partial charge in [0.1, 0.15) is 13.2 Å². The monoisotopic (exact) mass is 401 g/mol. The van der Waals surface area contributed by atoms with E-state index in [4.69, 9.17) is 4.74 Å². The number of benzene rings is 2. The SMILES string of the molecule is Cc1ccccc1COc1cccnc1NC(=O)CN1C(=O)c2ccccc2C1=O. The molecule has 7 heteroatoms. The minimum atomic E-state index is -0.538. The van der Waals surface area contributed by atoms with Gasteiger partial charge in [-0.1, -0.05) is 36.4 Å². The van der Waals surface area contributed by atoms with Crippen LogP contribution in [0.15, 0.2) is 66.9 Å². The average molecular weight is 401 g/mol. The number of imide groups is 1. The summed E-state index contributed by atoms with van der Waals surface area (Å²) in [6.07, 6.45) is 1.53. The van der Waals surface area contributed by atoms with E-state index in [0.717, 1.165) is 16.0 Å². The van der Waals surface area contributed by atoms with Crippen molar-refractivity contribution in [3.05, 3.63) is 89.1 Å². The lowest BCUT2D eigenvalue weighted by Gasteiger charge is -2.15. The summed E-state index contributed by atoms with van der Waals surface area (Å²) in [5.41, 5.74) is 2.72. The van der Waals surface area contributed by atoms with Gasteiger partial charge in [-0.2, -0.15) is 0 Å². The molecule has 0 bridgehead atoms. The zero-order chi connectivity index (χ0) is 21.1. The van der Waals surface area contributed by atoms with Gasteiger partial charge >= 0.3 is 0 Å². The Balaban J connectivity index is 1.44. The highest BCUT2D eigenvalue weighted by molar-refractivity contribution is 6.22. The third-order valence-electron chi connectivity index (χ3n) is 4.85. The summed E-state index contributed by atoms with van der Waals surface area (Å²) in [5, 5.41) is 2.64. The molecule has 4 rings (SSSR count). The first-order valence-electron chi connectivity index (χ1n) is 9.42. The van der Waals surface area contributed by atoms with Gasteiger partial charge in [0.15, 0.2) is 11.6 Å². The molecule has 0 spiro atoms. The van der Waals surface area contributed by atoms with Crippen molar-refractivity contribution in [1.29, 1.82) is 0 Å². The maximum atomic E-state index is 12.5. The first-order chi connectivity index (χ1) is 14.5. The molecule has 0 fully saturated rings. The summed E-state index contributed by atoms with van der Waals surface area (Å²) in [6, 6.07) is 17.7. The maximum Gasteiger partial charge on any atom is 0.262 e. The number of amides is 3. The van der Waals surface area contributed by atoms with E-state index in [1.54, 1.807) is 36.4 Å². The average Bonchev–Trinajstić information content (AvgIpc) is 2.99. The molecule has 0 radical (unpaired) electrons. The third-order valence-corrected chi connectivity index (χ3v) is 4.85. The molecule has 2 heterocycles. The summed E-state index contributed by atoms with van der Waals surface area (Å²) in [7, 11) is 0. The second-order valence-electron chi connectivity index (χ2n) is 6.86. The van der Waals surface area contributed by atoms with Crippen LogP contribution < -0.4 is 10.1 Å². The summed E-state index contributed by atoms with van der Waals surface area (Å²) >= 11 is 0. The number of nitrogens with zero attached hydrogens (tertiary/aromatic N) is 2. The molecule has 0 aliphatic carbocycles. The summed E-state index contributed by atoms with van der Waals surface area (Å²) in [5.74, 6) is -0.876. The molecule has 30 heavy (non-hydrogen) atoms. The van der Waals surface area contributed by atoms with Crippen LogP contribution in [-0.2, 0) is 11.4 Å². The minimum Gasteiger partial charge on any atom is -0.485 e. The van der Waals surface area contributed by atoms with E-state index in [0.29, 0.717) is 23.5 Å². The predicted octanol–water partition coefficient (Wildman–Crippen LogP) is 3.20. The lowest BCUT2D eigenvalue weighted by Crippen LogP contribution is -2.37. The fourth-order valence-corrected chi connectivity index (χ4v) is 3.23. The first kappa shape index (κ1) is 19.3. The highest BCUT2D eigenvalue weighted by Crippen LogP contribution is 2.24. The van der Waals surface area contributed by atoms with E-state index in [-0.39, 0.29) is 5.82 Å². The van der Waals surface area contributed by atoms with Gasteiger partial charge in [-0.15, -0.1) is 0 Å². The number of anilines is 1. The maximum absolute atomic E-state index is 12.5. The number of pyridine rings is 1. The molecule has 0 saturated heterocycles. The molecule has 1 N–H and O–H groups in total. The van der Waals surface area contributed by atoms with Crippen LogP contribution in [0.1, 0.15) is 31.8 Å². The number of rotatable bonds is 6. The number of carbonyl (C=O) groups excluding carboxylic acids is 3. The van der Waals surface area contributed by atoms with Crippen LogP contribution in [-0.4, -0.2) is 34.2 Å². The van der Waals surface area contributed by atoms with Crippen LogP contribution in [0.2, 0.25) is 0 Å². The fourth-order valence-electron chi connectivity index (χ4n) is 3.23. The Kier molecular flexibility index (Phi) is 5.26. The van der Waals surface area contributed by atoms with Crippen molar-refractivity contribution in [3.8, 4) is 5.75 Å². The molecule has 3 aromatic rings. The molecular formula is C23H19N3O4. The number of hydrogen-bond donors (Lipinski definition) is 1. The summed E-state index contributed by atoms with van der Waals surface area (Å²) in [4.78, 5) is 42.5. The van der Waals surface area contributed by atoms with Gasteiger partial charge < -0.3 is 10.1 Å². The van der Waals surface area contributed by atoms with Crippen LogP contribution >= 0.6 is 0 Å². The van der Waals surface area contributed by atoms with Gasteiger partial charge in [0.2, 0.25) is 5.91 Å². The third kappa shape index (κ3) is 3.77. The lowest BCUT2D eigenvalue weighted by atomic mass is 10.1. The van der Waals surface area contributed by atoms with Crippen molar-refractivity contribution in [2.75, 3.05) is 11.9 Å². The smallest absolute Gasteiger partial charge is 0.262 e. The molecule has 7 nitrogen and oxygen atoms in total. The van der Waals surface area contributed by atoms with Crippen LogP contribution in [0.4, 0.5) is 5.82 Å². The van der Waals surface area contributed by atoms with Crippen molar-refractivity contribution in [2.24, 2.45) is 0 Å². The van der Waals surface area contributed by atoms with Gasteiger partial charge in [0, 0.05) is 6.20 Å². The number of fused-ring (bicyclic) bond motifs is 1. The van der Waals surface area contributed by atoms with Crippen LogP contribution in [0.5, 0.6) is 5.75 Å². The van der Waals surface area contributed by atoms with E-state index in [1.807, 2.05) is 31.2 Å². The number of nitrogens with one attached hydrogen (secondary N) is 1. The van der Waals surface area contributed by atoms with Gasteiger partial charge in [-0.25, -0.2) is 4.98 Å². The molecule has 0 atom stereocenters. The van der Waals surface area contributed by atoms with Gasteiger partial charge in [0.25, 0.3) is 11.8 Å². The number of hydrogen-bond acceptors (Lipinski definition) is 5. The van der Waals surface area contributed by atoms with Gasteiger partial charge in [0.05, 0.1) is 11.1 Å². The molecule has 1 aromatic heterocycles. The first-order valence-corrected chi connectivity index (χ1v) is 9.42. The van der Waals surface area contributed by atoms with E-state index in [2.05, 4.69) is 10.3 Å². The quantitative estimate of drug-likeness (QED) is 0.641. The number of carbonyl (C=O) groups is 3. The second-order valence-corrected chi connectivity index (χ2v) is 6.86. The molecule has 0 saturated carbocycles. The van der Waals surface area contributed by atoms with Crippen molar-refractivity contribution in [2.45, 2.75) is 13.5 Å². The standard InChI is InChI=1S/C23H19N3O4/c1-15-7-2-3-8-16(15)14-30-19-11-6-12-24-21(19)25-20(27)13-26-22(28)17-9-4-5-10-18(17)23(26)29/h2-12H,13-14H2,1H3,(H,24,25,27). The topological polar surface area (TPSA) is 88.6 Å². The van der Waals surface area contributed by atoms with Crippen molar-refractivity contribution in [1.82, 2.24) is 9.88 Å². The van der Waals surface area contributed by atoms with Crippen molar-refractivity contribution >= 4 is 23.5 Å². The zero-order valence-corrected chi connectivity index (χ0v) is 16.3. The molecule has 150 valence electrons. The Morgan fingerprint density at radius 2 is 1.63 bits per heavy atom. The van der Waals surface area contributed by atoms with Gasteiger partial charge in [-0.05, 0) is 42.3 Å². The Morgan fingerprint density at radius 1 is 0.967 bits per heavy atom. The van der Waals surface area contributed by atoms with Crippen LogP contribution in [0.3, 0.4) is 0 Å². The molecular weight excluding hydrogens is 382 g/mol. The molecule has 1 aliphatic heterocycles. The van der Waals surface area contributed by atoms with E-state index in [9.17, 15) is 14.4 Å². The number of aryl methyl sites for hydroxylation is 1. The predicted molar refractivity (Wildman–Crippen MR) is 110 cm³/mol. The molecule has 1 aliphatic rings. The van der Waals surface area contributed by atoms with Crippen LogP contribution in [0.25, 0.3) is 0 Å². The molecule has 2 aromatic carbocycles. The van der Waals surface area contributed by atoms with E-state index in [1.165, 1.54) is 6.20 Å². The Morgan fingerprint density at radius 3 is 2.33 bits per heavy atom. The van der Waals surface area contributed by atoms with Gasteiger partial charge in [-0.3, -0.25) is 19.3 Å². The summed E-state index contributed by atoms with van der Waals surface area (Å²) < 4.78 is 5.84. The van der Waals surface area contributed by atoms with Crippen LogP contribution in [0, 0.1) is 6.92 Å². The highest BCUT2D eigenvalue weighted by atomic mass is 16.5. The number of ether oxygens (including phenoxy) is 1. The second kappa shape index (κ2) is 8.16. The Hall–Kier alpha value is -4.00. The van der Waals surface area contributed by atoms with Crippen molar-refractivity contribution in [3.63, 3.8) is 0 Å². The van der Waals surface area contributed by atoms with Crippen molar-refractivity contribution < 1.29 is 19.1 Å². The Labute approximate surface area is 173 Å². The minimum absolute atomic E-state index is 0.229. The number of aromatic nitrogens is 1. The Bertz CT molecular complexity index is 1110. The highest BCUT2D eigenvalue weighted by Gasteiger charge is 2.36. The van der Waals surface area contributed by atoms with E-state index < -0.39 is 24.3 Å². The van der Waals surface area contributed by atoms with E-state index >= 15 is 0 Å². The molecule has 0 unspecified atom stereocenters.